The lowest BCUT2D eigenvalue weighted by Crippen LogP contribution is -2.54. The number of piperazine rings is 1. The van der Waals surface area contributed by atoms with Gasteiger partial charge in [-0.25, -0.2) is 4.39 Å². The number of likely N-dealkylation sites (N-methyl/N-ethyl adjacent to an activating group) is 1. The molecule has 0 spiro atoms. The smallest absolute Gasteiger partial charge is 0.239 e. The van der Waals surface area contributed by atoms with Crippen LogP contribution in [0.25, 0.3) is 0 Å². The minimum atomic E-state index is -0.278. The van der Waals surface area contributed by atoms with E-state index in [1.807, 2.05) is 38.1 Å². The van der Waals surface area contributed by atoms with Gasteiger partial charge in [-0.15, -0.1) is 0 Å². The summed E-state index contributed by atoms with van der Waals surface area (Å²) >= 11 is 0. The molecule has 0 N–H and O–H groups in total. The lowest BCUT2D eigenvalue weighted by Gasteiger charge is -2.39. The van der Waals surface area contributed by atoms with Crippen LogP contribution in [0.1, 0.15) is 19.4 Å². The molecule has 1 atom stereocenters. The molecule has 0 aromatic heterocycles. The Hall–Kier alpha value is -2.60. The fourth-order valence-electron chi connectivity index (χ4n) is 3.81. The summed E-state index contributed by atoms with van der Waals surface area (Å²) in [5.41, 5.74) is 1.90. The summed E-state index contributed by atoms with van der Waals surface area (Å²) in [4.78, 5) is 19.1. The van der Waals surface area contributed by atoms with E-state index in [9.17, 15) is 9.18 Å². The van der Waals surface area contributed by atoms with Gasteiger partial charge < -0.3 is 14.5 Å². The van der Waals surface area contributed by atoms with Gasteiger partial charge in [0, 0.05) is 39.8 Å². The summed E-state index contributed by atoms with van der Waals surface area (Å²) in [6, 6.07) is 14.3. The highest BCUT2D eigenvalue weighted by Gasteiger charge is 2.28. The fourth-order valence-corrected chi connectivity index (χ4v) is 3.81. The summed E-state index contributed by atoms with van der Waals surface area (Å²) in [5.74, 6) is 0.680. The second-order valence-corrected chi connectivity index (χ2v) is 7.42. The van der Waals surface area contributed by atoms with Crippen LogP contribution in [0.3, 0.4) is 0 Å². The molecule has 1 fully saturated rings. The molecular weight excluding hydrogens is 369 g/mol. The number of para-hydroxylation sites is 2. The number of ether oxygens (including phenoxy) is 1. The first-order valence-corrected chi connectivity index (χ1v) is 10.2. The van der Waals surface area contributed by atoms with Crippen LogP contribution in [-0.4, -0.2) is 61.6 Å². The zero-order valence-electron chi connectivity index (χ0n) is 17.5. The van der Waals surface area contributed by atoms with Crippen molar-refractivity contribution in [3.8, 4) is 5.75 Å². The van der Waals surface area contributed by atoms with Crippen molar-refractivity contribution >= 4 is 11.6 Å². The molecule has 0 bridgehead atoms. The molecule has 1 unspecified atom stereocenters. The lowest BCUT2D eigenvalue weighted by atomic mass is 10.1. The van der Waals surface area contributed by atoms with Gasteiger partial charge in [0.25, 0.3) is 0 Å². The van der Waals surface area contributed by atoms with Crippen LogP contribution in [0.15, 0.2) is 48.5 Å². The number of anilines is 1. The van der Waals surface area contributed by atoms with Crippen LogP contribution in [0.5, 0.6) is 5.75 Å². The topological polar surface area (TPSA) is 36.0 Å². The Morgan fingerprint density at radius 3 is 2.55 bits per heavy atom. The van der Waals surface area contributed by atoms with Gasteiger partial charge in [0.15, 0.2) is 0 Å². The van der Waals surface area contributed by atoms with Gasteiger partial charge in [0.05, 0.1) is 18.3 Å². The van der Waals surface area contributed by atoms with Crippen molar-refractivity contribution in [1.82, 2.24) is 9.80 Å². The summed E-state index contributed by atoms with van der Waals surface area (Å²) in [6.07, 6.45) is 0. The van der Waals surface area contributed by atoms with Crippen LogP contribution in [0.2, 0.25) is 0 Å². The molecule has 1 aliphatic rings. The molecule has 1 saturated heterocycles. The zero-order valence-corrected chi connectivity index (χ0v) is 17.5. The van der Waals surface area contributed by atoms with Gasteiger partial charge in [-0.1, -0.05) is 24.3 Å². The van der Waals surface area contributed by atoms with Crippen LogP contribution >= 0.6 is 0 Å². The SMILES string of the molecule is CCOc1ccccc1N1CCN(C(C)C(=O)N(C)Cc2cccc(F)c2)CC1. The Bertz CT molecular complexity index is 821. The lowest BCUT2D eigenvalue weighted by molar-refractivity contribution is -0.135. The Morgan fingerprint density at radius 1 is 1.14 bits per heavy atom. The number of benzene rings is 2. The van der Waals surface area contributed by atoms with E-state index in [2.05, 4.69) is 15.9 Å². The van der Waals surface area contributed by atoms with Gasteiger partial charge in [0.2, 0.25) is 5.91 Å². The van der Waals surface area contributed by atoms with Gasteiger partial charge in [0.1, 0.15) is 11.6 Å². The van der Waals surface area contributed by atoms with Crippen molar-refractivity contribution in [3.63, 3.8) is 0 Å². The molecule has 1 amide bonds. The number of carbonyl (C=O) groups is 1. The highest BCUT2D eigenvalue weighted by molar-refractivity contribution is 5.81. The average Bonchev–Trinajstić information content (AvgIpc) is 2.73. The van der Waals surface area contributed by atoms with E-state index in [1.165, 1.54) is 12.1 Å². The normalized spacial score (nSPS) is 15.8. The van der Waals surface area contributed by atoms with E-state index in [0.29, 0.717) is 13.2 Å². The van der Waals surface area contributed by atoms with Crippen molar-refractivity contribution in [2.45, 2.75) is 26.4 Å². The number of nitrogens with zero attached hydrogens (tertiary/aromatic N) is 3. The van der Waals surface area contributed by atoms with Gasteiger partial charge in [-0.05, 0) is 43.7 Å². The van der Waals surface area contributed by atoms with E-state index < -0.39 is 0 Å². The van der Waals surface area contributed by atoms with E-state index in [-0.39, 0.29) is 17.8 Å². The molecule has 29 heavy (non-hydrogen) atoms. The molecule has 0 saturated carbocycles. The van der Waals surface area contributed by atoms with Crippen molar-refractivity contribution < 1.29 is 13.9 Å². The second kappa shape index (κ2) is 9.74. The highest BCUT2D eigenvalue weighted by Crippen LogP contribution is 2.29. The van der Waals surface area contributed by atoms with Crippen LogP contribution < -0.4 is 9.64 Å². The van der Waals surface area contributed by atoms with Gasteiger partial charge >= 0.3 is 0 Å². The van der Waals surface area contributed by atoms with Crippen molar-refractivity contribution in [2.24, 2.45) is 0 Å². The van der Waals surface area contributed by atoms with E-state index >= 15 is 0 Å². The fraction of sp³-hybridized carbons (Fsp3) is 0.435. The summed E-state index contributed by atoms with van der Waals surface area (Å²) < 4.78 is 19.2. The number of amides is 1. The van der Waals surface area contributed by atoms with Gasteiger partial charge in [-0.3, -0.25) is 9.69 Å². The first kappa shape index (κ1) is 21.1. The summed E-state index contributed by atoms with van der Waals surface area (Å²) in [5, 5.41) is 0. The highest BCUT2D eigenvalue weighted by atomic mass is 19.1. The Labute approximate surface area is 172 Å². The average molecular weight is 400 g/mol. The molecule has 5 nitrogen and oxygen atoms in total. The summed E-state index contributed by atoms with van der Waals surface area (Å²) in [7, 11) is 1.78. The third-order valence-corrected chi connectivity index (χ3v) is 5.41. The predicted molar refractivity (Wildman–Crippen MR) is 114 cm³/mol. The second-order valence-electron chi connectivity index (χ2n) is 7.42. The van der Waals surface area contributed by atoms with Crippen LogP contribution in [0, 0.1) is 5.82 Å². The Balaban J connectivity index is 1.56. The molecule has 2 aromatic carbocycles. The molecule has 6 heteroatoms. The largest absolute Gasteiger partial charge is 0.492 e. The Kier molecular flexibility index (Phi) is 7.09. The number of hydrogen-bond donors (Lipinski definition) is 0. The standard InChI is InChI=1S/C23H30FN3O2/c1-4-29-22-11-6-5-10-21(22)27-14-12-26(13-15-27)18(2)23(28)25(3)17-19-8-7-9-20(24)16-19/h5-11,16,18H,4,12-15,17H2,1-3H3. The van der Waals surface area contributed by atoms with E-state index in [4.69, 9.17) is 4.74 Å². The molecule has 2 aromatic rings. The van der Waals surface area contributed by atoms with Crippen molar-refractivity contribution in [2.75, 3.05) is 44.7 Å². The van der Waals surface area contributed by atoms with Gasteiger partial charge in [-0.2, -0.15) is 0 Å². The van der Waals surface area contributed by atoms with E-state index in [1.54, 1.807) is 18.0 Å². The molecule has 0 radical (unpaired) electrons. The Morgan fingerprint density at radius 2 is 1.86 bits per heavy atom. The molecule has 3 rings (SSSR count). The molecule has 0 aliphatic carbocycles. The molecule has 1 aliphatic heterocycles. The number of hydrogen-bond acceptors (Lipinski definition) is 4. The van der Waals surface area contributed by atoms with Crippen LogP contribution in [-0.2, 0) is 11.3 Å². The number of carbonyl (C=O) groups excluding carboxylic acids is 1. The molecular formula is C23H30FN3O2. The van der Waals surface area contributed by atoms with Crippen LogP contribution in [0.4, 0.5) is 10.1 Å². The maximum Gasteiger partial charge on any atom is 0.239 e. The first-order chi connectivity index (χ1) is 14.0. The van der Waals surface area contributed by atoms with Crippen molar-refractivity contribution in [1.29, 1.82) is 0 Å². The minimum absolute atomic E-state index is 0.0532. The number of halogens is 1. The third kappa shape index (κ3) is 5.26. The molecule has 156 valence electrons. The maximum absolute atomic E-state index is 13.4. The third-order valence-electron chi connectivity index (χ3n) is 5.41. The monoisotopic (exact) mass is 399 g/mol. The van der Waals surface area contributed by atoms with E-state index in [0.717, 1.165) is 43.2 Å². The number of rotatable bonds is 7. The first-order valence-electron chi connectivity index (χ1n) is 10.2. The van der Waals surface area contributed by atoms with Crippen molar-refractivity contribution in [3.05, 3.63) is 59.9 Å². The summed E-state index contributed by atoms with van der Waals surface area (Å²) in [6.45, 7) is 8.28. The zero-order chi connectivity index (χ0) is 20.8. The quantitative estimate of drug-likeness (QED) is 0.715. The molecule has 1 heterocycles. The predicted octanol–water partition coefficient (Wildman–Crippen LogP) is 3.39. The maximum atomic E-state index is 13.4. The minimum Gasteiger partial charge on any atom is -0.492 e.